The first-order valence-electron chi connectivity index (χ1n) is 15.1. The second kappa shape index (κ2) is 9.32. The molecule has 236 valence electrons. The first kappa shape index (κ1) is 27.8. The monoisotopic (exact) mass is 649 g/mol. The first-order chi connectivity index (χ1) is 22.6. The molecule has 4 aliphatic rings. The number of phenols is 2. The molecular weight excluding hydrogens is 622 g/mol. The Kier molecular flexibility index (Phi) is 5.52. The minimum absolute atomic E-state index is 0.0950. The molecule has 0 radical (unpaired) electrons. The zero-order chi connectivity index (χ0) is 32.5. The largest absolute Gasteiger partial charge is 0.508 e. The zero-order valence-corrected chi connectivity index (χ0v) is 26.0. The number of methoxy groups -OCH3 is 1. The summed E-state index contributed by atoms with van der Waals surface area (Å²) in [4.78, 5) is 66.2. The molecule has 3 aromatic heterocycles. The molecule has 0 unspecified atom stereocenters. The van der Waals surface area contributed by atoms with Gasteiger partial charge in [-0.25, -0.2) is 0 Å². The van der Waals surface area contributed by atoms with Gasteiger partial charge in [-0.3, -0.25) is 19.2 Å². The Morgan fingerprint density at radius 2 is 1.79 bits per heavy atom. The number of hydrogen-bond acceptors (Lipinski definition) is 8. The van der Waals surface area contributed by atoms with E-state index in [0.29, 0.717) is 68.8 Å². The van der Waals surface area contributed by atoms with Crippen LogP contribution in [0, 0.1) is 5.92 Å². The molecule has 1 saturated carbocycles. The number of hydrogen-bond donors (Lipinski definition) is 5. The van der Waals surface area contributed by atoms with Gasteiger partial charge in [0, 0.05) is 46.6 Å². The van der Waals surface area contributed by atoms with Crippen LogP contribution in [-0.2, 0) is 11.8 Å². The Balaban J connectivity index is 1.06. The van der Waals surface area contributed by atoms with Crippen molar-refractivity contribution in [1.82, 2.24) is 19.9 Å². The van der Waals surface area contributed by atoms with E-state index >= 15 is 0 Å². The van der Waals surface area contributed by atoms with E-state index in [0.717, 1.165) is 23.7 Å². The Morgan fingerprint density at radius 3 is 2.57 bits per heavy atom. The van der Waals surface area contributed by atoms with E-state index in [-0.39, 0.29) is 52.2 Å². The average molecular weight is 650 g/mol. The molecule has 12 nitrogen and oxygen atoms in total. The highest BCUT2D eigenvalue weighted by Crippen LogP contribution is 2.67. The maximum Gasteiger partial charge on any atom is 0.274 e. The highest BCUT2D eigenvalue weighted by atomic mass is 32.2. The maximum absolute atomic E-state index is 14.1. The van der Waals surface area contributed by atoms with E-state index < -0.39 is 11.3 Å². The van der Waals surface area contributed by atoms with Gasteiger partial charge in [0.25, 0.3) is 11.8 Å². The third kappa shape index (κ3) is 3.59. The van der Waals surface area contributed by atoms with Gasteiger partial charge in [-0.1, -0.05) is 11.8 Å². The number of H-pyrrole nitrogens is 3. The fourth-order valence-electron chi connectivity index (χ4n) is 8.00. The third-order valence-electron chi connectivity index (χ3n) is 10.2. The number of nitrogens with zero attached hydrogens (tertiary/aromatic N) is 2. The number of ether oxygens (including phenoxy) is 1. The number of likely N-dealkylation sites (tertiary alicyclic amines) is 1. The van der Waals surface area contributed by atoms with Crippen molar-refractivity contribution in [3.8, 4) is 17.2 Å². The molecular formula is C34H27N5O7S. The summed E-state index contributed by atoms with van der Waals surface area (Å²) < 4.78 is 5.53. The number of carbonyl (C=O) groups excluding carboxylic acids is 4. The fourth-order valence-corrected chi connectivity index (χ4v) is 8.33. The molecule has 5 aromatic rings. The van der Waals surface area contributed by atoms with Crippen LogP contribution in [0.1, 0.15) is 59.5 Å². The van der Waals surface area contributed by atoms with Gasteiger partial charge in [-0.05, 0) is 72.5 Å². The van der Waals surface area contributed by atoms with Crippen molar-refractivity contribution < 1.29 is 34.1 Å². The lowest BCUT2D eigenvalue weighted by Crippen LogP contribution is -2.33. The number of allylic oxidation sites excluding steroid dienone is 2. The molecule has 5 heterocycles. The predicted octanol–water partition coefficient (Wildman–Crippen LogP) is 4.60. The summed E-state index contributed by atoms with van der Waals surface area (Å²) in [5, 5.41) is 22.4. The molecule has 5 N–H and O–H groups in total. The van der Waals surface area contributed by atoms with Gasteiger partial charge >= 0.3 is 0 Å². The molecule has 2 aliphatic heterocycles. The lowest BCUT2D eigenvalue weighted by molar-refractivity contribution is 0.0806. The Hall–Kier alpha value is -5.43. The molecule has 1 spiro atoms. The molecule has 9 rings (SSSR count). The van der Waals surface area contributed by atoms with Gasteiger partial charge in [-0.15, -0.1) is 0 Å². The van der Waals surface area contributed by atoms with Crippen molar-refractivity contribution in [2.24, 2.45) is 5.92 Å². The van der Waals surface area contributed by atoms with Crippen molar-refractivity contribution in [2.75, 3.05) is 31.4 Å². The van der Waals surface area contributed by atoms with Crippen molar-refractivity contribution in [1.29, 1.82) is 0 Å². The second-order valence-corrected chi connectivity index (χ2v) is 13.3. The number of phenolic OH excluding ortho intramolecular Hbond substituents is 2. The lowest BCUT2D eigenvalue weighted by Gasteiger charge is -2.27. The molecule has 2 aliphatic carbocycles. The standard InChI is InChI=1S/C34H27N5O7S/c1-46-30-26-18(9-23(37-26)33(45)47-2)17-5-6-38(28(17)29(30)42)31(43)22-10-19-27(36-22)24(41)11-25-34(19)12-15(34)13-39(25)32(44)21-8-14-7-16(40)3-4-20(14)35-21/h3-4,7-11,15,35-37,40,42H,5-6,12-13H2,1-2H3/t15-,34-/m1/s1. The van der Waals surface area contributed by atoms with Gasteiger partial charge in [-0.2, -0.15) is 0 Å². The lowest BCUT2D eigenvalue weighted by atomic mass is 9.85. The molecule has 0 bridgehead atoms. The van der Waals surface area contributed by atoms with Gasteiger partial charge in [0.15, 0.2) is 11.5 Å². The van der Waals surface area contributed by atoms with Crippen LogP contribution in [0.4, 0.5) is 5.69 Å². The molecule has 2 fully saturated rings. The minimum Gasteiger partial charge on any atom is -0.508 e. The van der Waals surface area contributed by atoms with E-state index in [2.05, 4.69) is 15.0 Å². The van der Waals surface area contributed by atoms with Crippen LogP contribution in [0.25, 0.3) is 21.8 Å². The van der Waals surface area contributed by atoms with Crippen LogP contribution < -0.4 is 9.64 Å². The van der Waals surface area contributed by atoms with Crippen molar-refractivity contribution >= 4 is 62.0 Å². The summed E-state index contributed by atoms with van der Waals surface area (Å²) in [6.07, 6.45) is 4.39. The summed E-state index contributed by atoms with van der Waals surface area (Å²) in [6.45, 7) is 0.716. The summed E-state index contributed by atoms with van der Waals surface area (Å²) in [5.74, 6) is -0.880. The number of anilines is 1. The van der Waals surface area contributed by atoms with E-state index in [9.17, 15) is 29.4 Å². The fraction of sp³-hybridized carbons (Fsp3) is 0.235. The SMILES string of the molecule is COc1c(O)c2c(c3cc(C(=O)SC)[nH]c13)CCN2C(=O)c1cc2c([nH]1)C(=O)C=C1N(C(=O)c3cc4cc(O)ccc4[nH]3)C[C@H]3C[C@]123. The third-order valence-corrected chi connectivity index (χ3v) is 10.8. The van der Waals surface area contributed by atoms with E-state index in [1.165, 1.54) is 18.1 Å². The van der Waals surface area contributed by atoms with Crippen LogP contribution in [0.2, 0.25) is 0 Å². The topological polar surface area (TPSA) is 172 Å². The molecule has 1 saturated heterocycles. The van der Waals surface area contributed by atoms with Crippen molar-refractivity contribution in [3.63, 3.8) is 0 Å². The minimum atomic E-state index is -0.552. The second-order valence-electron chi connectivity index (χ2n) is 12.5. The highest BCUT2D eigenvalue weighted by molar-refractivity contribution is 8.13. The smallest absolute Gasteiger partial charge is 0.274 e. The number of nitrogens with one attached hydrogen (secondary N) is 3. The van der Waals surface area contributed by atoms with Gasteiger partial charge < -0.3 is 39.7 Å². The quantitative estimate of drug-likeness (QED) is 0.188. The van der Waals surface area contributed by atoms with Crippen LogP contribution in [0.3, 0.4) is 0 Å². The van der Waals surface area contributed by atoms with Crippen molar-refractivity contribution in [2.45, 2.75) is 18.3 Å². The number of thioether (sulfide) groups is 1. The number of piperidine rings is 1. The summed E-state index contributed by atoms with van der Waals surface area (Å²) in [6, 6.07) is 9.97. The number of ketones is 1. The van der Waals surface area contributed by atoms with Crippen LogP contribution in [0.5, 0.6) is 17.2 Å². The average Bonchev–Trinajstić information content (AvgIpc) is 3.70. The Labute approximate surface area is 270 Å². The van der Waals surface area contributed by atoms with Gasteiger partial charge in [0.2, 0.25) is 10.9 Å². The summed E-state index contributed by atoms with van der Waals surface area (Å²) in [5.41, 5.74) is 4.27. The number of carbonyl (C=O) groups is 4. The zero-order valence-electron chi connectivity index (χ0n) is 25.2. The molecule has 2 amide bonds. The van der Waals surface area contributed by atoms with Gasteiger partial charge in [0.1, 0.15) is 17.1 Å². The van der Waals surface area contributed by atoms with Crippen LogP contribution >= 0.6 is 11.8 Å². The van der Waals surface area contributed by atoms with E-state index in [4.69, 9.17) is 4.74 Å². The number of amides is 2. The Morgan fingerprint density at radius 1 is 1.00 bits per heavy atom. The normalized spacial score (nSPS) is 20.7. The highest BCUT2D eigenvalue weighted by Gasteiger charge is 2.68. The summed E-state index contributed by atoms with van der Waals surface area (Å²) in [7, 11) is 1.41. The van der Waals surface area contributed by atoms with Gasteiger partial charge in [0.05, 0.1) is 29.7 Å². The maximum atomic E-state index is 14.1. The number of fused-ring (bicyclic) bond motifs is 5. The number of aromatic nitrogens is 3. The number of rotatable bonds is 4. The van der Waals surface area contributed by atoms with Crippen LogP contribution in [-0.4, -0.2) is 79.2 Å². The van der Waals surface area contributed by atoms with Crippen LogP contribution in [0.15, 0.2) is 48.2 Å². The number of aromatic hydroxyl groups is 2. The Bertz CT molecular complexity index is 2330. The van der Waals surface area contributed by atoms with Crippen molar-refractivity contribution in [3.05, 3.63) is 82.1 Å². The number of benzene rings is 2. The molecule has 2 aromatic carbocycles. The first-order valence-corrected chi connectivity index (χ1v) is 16.3. The van der Waals surface area contributed by atoms with E-state index in [1.54, 1.807) is 47.6 Å². The van der Waals surface area contributed by atoms with E-state index in [1.807, 2.05) is 0 Å². The number of aromatic amines is 3. The molecule has 13 heteroatoms. The molecule has 2 atom stereocenters. The molecule has 47 heavy (non-hydrogen) atoms. The predicted molar refractivity (Wildman–Crippen MR) is 174 cm³/mol. The summed E-state index contributed by atoms with van der Waals surface area (Å²) >= 11 is 1.07.